The van der Waals surface area contributed by atoms with E-state index in [1.54, 1.807) is 0 Å². The van der Waals surface area contributed by atoms with E-state index in [1.165, 1.54) is 12.8 Å². The zero-order valence-corrected chi connectivity index (χ0v) is 9.89. The van der Waals surface area contributed by atoms with Crippen LogP contribution in [0.2, 0.25) is 0 Å². The summed E-state index contributed by atoms with van der Waals surface area (Å²) in [5, 5.41) is 0. The summed E-state index contributed by atoms with van der Waals surface area (Å²) in [5.74, 6) is 0. The maximum atomic E-state index is 5.54. The van der Waals surface area contributed by atoms with Gasteiger partial charge in [0.15, 0.2) is 0 Å². The molecule has 0 N–H and O–H groups in total. The summed E-state index contributed by atoms with van der Waals surface area (Å²) in [6, 6.07) is 9.90. The summed E-state index contributed by atoms with van der Waals surface area (Å²) >= 11 is 0. The molecule has 0 aliphatic rings. The fourth-order valence-electron chi connectivity index (χ4n) is 1.53. The first-order valence-corrected chi connectivity index (χ1v) is 5.86. The minimum atomic E-state index is -0.164. The summed E-state index contributed by atoms with van der Waals surface area (Å²) in [6.07, 6.45) is 3.35. The summed E-state index contributed by atoms with van der Waals surface area (Å²) in [6.45, 7) is 3.47. The second-order valence-corrected chi connectivity index (χ2v) is 3.82. The van der Waals surface area contributed by atoms with E-state index < -0.39 is 0 Å². The number of ether oxygens (including phenoxy) is 1. The van der Waals surface area contributed by atoms with Crippen molar-refractivity contribution in [3.05, 3.63) is 35.9 Å². The molecule has 1 aromatic carbocycles. The van der Waals surface area contributed by atoms with Crippen LogP contribution >= 0.6 is 0 Å². The summed E-state index contributed by atoms with van der Waals surface area (Å²) in [4.78, 5) is 0. The molecule has 86 valence electrons. The monoisotopic (exact) mass is 218 g/mol. The molecule has 3 heteroatoms. The Balaban J connectivity index is 2.27. The Morgan fingerprint density at radius 1 is 1.19 bits per heavy atom. The first-order valence-electron chi connectivity index (χ1n) is 5.86. The van der Waals surface area contributed by atoms with E-state index in [9.17, 15) is 0 Å². The maximum Gasteiger partial charge on any atom is 0.283 e. The predicted molar refractivity (Wildman–Crippen MR) is 66.4 cm³/mol. The summed E-state index contributed by atoms with van der Waals surface area (Å²) in [7, 11) is 5.27. The number of unbranched alkanes of at least 4 members (excludes halogenated alkanes) is 2. The van der Waals surface area contributed by atoms with E-state index in [-0.39, 0.29) is 6.10 Å². The van der Waals surface area contributed by atoms with E-state index >= 15 is 0 Å². The highest BCUT2D eigenvalue weighted by Gasteiger charge is 2.08. The van der Waals surface area contributed by atoms with Gasteiger partial charge in [-0.05, 0) is 12.0 Å². The molecule has 1 rings (SSSR count). The molecule has 2 radical (unpaired) electrons. The van der Waals surface area contributed by atoms with Crippen LogP contribution in [0.3, 0.4) is 0 Å². The molecule has 1 atom stereocenters. The highest BCUT2D eigenvalue weighted by molar-refractivity contribution is 5.98. The average Bonchev–Trinajstić information content (AvgIpc) is 2.35. The van der Waals surface area contributed by atoms with E-state index in [1.807, 2.05) is 30.3 Å². The smallest absolute Gasteiger partial charge is 0.283 e. The maximum absolute atomic E-state index is 5.54. The Kier molecular flexibility index (Phi) is 6.94. The lowest BCUT2D eigenvalue weighted by Gasteiger charge is -2.16. The van der Waals surface area contributed by atoms with Crippen molar-refractivity contribution >= 4 is 8.05 Å². The topological polar surface area (TPSA) is 18.5 Å². The molecule has 16 heavy (non-hydrogen) atoms. The van der Waals surface area contributed by atoms with Gasteiger partial charge in [0.25, 0.3) is 8.05 Å². The first kappa shape index (κ1) is 13.3. The van der Waals surface area contributed by atoms with Gasteiger partial charge in [0, 0.05) is 6.61 Å². The third-order valence-corrected chi connectivity index (χ3v) is 2.50. The van der Waals surface area contributed by atoms with Crippen LogP contribution in [0.5, 0.6) is 0 Å². The van der Waals surface area contributed by atoms with E-state index in [0.717, 1.165) is 18.6 Å². The van der Waals surface area contributed by atoms with Crippen LogP contribution in [-0.2, 0) is 9.39 Å². The molecule has 0 saturated heterocycles. The van der Waals surface area contributed by atoms with E-state index in [4.69, 9.17) is 17.4 Å². The van der Waals surface area contributed by atoms with Crippen LogP contribution in [-0.4, -0.2) is 21.3 Å². The minimum Gasteiger partial charge on any atom is -0.439 e. The normalized spacial score (nSPS) is 12.6. The van der Waals surface area contributed by atoms with Gasteiger partial charge >= 0.3 is 0 Å². The molecular weight excluding hydrogens is 199 g/mol. The molecule has 0 aliphatic carbocycles. The second kappa shape index (κ2) is 8.37. The van der Waals surface area contributed by atoms with Gasteiger partial charge < -0.3 is 9.39 Å². The van der Waals surface area contributed by atoms with Crippen LogP contribution in [0, 0.1) is 0 Å². The van der Waals surface area contributed by atoms with Gasteiger partial charge in [-0.25, -0.2) is 0 Å². The van der Waals surface area contributed by atoms with Crippen molar-refractivity contribution in [2.75, 3.05) is 13.2 Å². The number of rotatable bonds is 8. The molecule has 1 aromatic rings. The van der Waals surface area contributed by atoms with Crippen molar-refractivity contribution < 1.29 is 9.39 Å². The summed E-state index contributed by atoms with van der Waals surface area (Å²) in [5.41, 5.74) is 1.06. The van der Waals surface area contributed by atoms with Crippen LogP contribution in [0.25, 0.3) is 0 Å². The lowest BCUT2D eigenvalue weighted by Crippen LogP contribution is -2.11. The van der Waals surface area contributed by atoms with Crippen LogP contribution in [0.4, 0.5) is 0 Å². The Labute approximate surface area is 99.4 Å². The Hall–Kier alpha value is -0.795. The SMILES string of the molecule is [B]OC(COCCCCC)c1ccccc1. The fraction of sp³-hybridized carbons (Fsp3) is 0.538. The molecule has 0 heterocycles. The Bertz CT molecular complexity index is 264. The van der Waals surface area contributed by atoms with Crippen molar-refractivity contribution in [1.82, 2.24) is 0 Å². The fourth-order valence-corrected chi connectivity index (χ4v) is 1.53. The largest absolute Gasteiger partial charge is 0.439 e. The molecule has 0 amide bonds. The molecule has 0 spiro atoms. The zero-order chi connectivity index (χ0) is 11.6. The third kappa shape index (κ3) is 4.82. The Morgan fingerprint density at radius 2 is 1.94 bits per heavy atom. The molecule has 0 fully saturated rings. The predicted octanol–water partition coefficient (Wildman–Crippen LogP) is 3.03. The number of benzene rings is 1. The van der Waals surface area contributed by atoms with Gasteiger partial charge in [0.1, 0.15) is 0 Å². The first-order chi connectivity index (χ1) is 7.88. The van der Waals surface area contributed by atoms with Crippen molar-refractivity contribution in [3.63, 3.8) is 0 Å². The highest BCUT2D eigenvalue weighted by atomic mass is 16.5. The van der Waals surface area contributed by atoms with Crippen LogP contribution in [0.1, 0.15) is 37.9 Å². The van der Waals surface area contributed by atoms with Crippen LogP contribution in [0.15, 0.2) is 30.3 Å². The molecule has 0 saturated carbocycles. The van der Waals surface area contributed by atoms with E-state index in [2.05, 4.69) is 6.92 Å². The van der Waals surface area contributed by atoms with Gasteiger partial charge in [-0.3, -0.25) is 0 Å². The molecule has 0 aliphatic heterocycles. The lowest BCUT2D eigenvalue weighted by atomic mass is 10.1. The third-order valence-electron chi connectivity index (χ3n) is 2.50. The second-order valence-electron chi connectivity index (χ2n) is 3.82. The standard InChI is InChI=1S/C13H19BO2/c1-2-3-7-10-15-11-13(16-14)12-8-5-4-6-9-12/h4-6,8-9,13H,2-3,7,10-11H2,1H3. The summed E-state index contributed by atoms with van der Waals surface area (Å²) < 4.78 is 10.5. The minimum absolute atomic E-state index is 0.164. The Morgan fingerprint density at radius 3 is 2.56 bits per heavy atom. The van der Waals surface area contributed by atoms with Crippen molar-refractivity contribution in [1.29, 1.82) is 0 Å². The van der Waals surface area contributed by atoms with Crippen molar-refractivity contribution in [2.24, 2.45) is 0 Å². The van der Waals surface area contributed by atoms with E-state index in [0.29, 0.717) is 6.61 Å². The quantitative estimate of drug-likeness (QED) is 0.493. The molecule has 0 bridgehead atoms. The van der Waals surface area contributed by atoms with Gasteiger partial charge in [-0.2, -0.15) is 0 Å². The molecule has 2 nitrogen and oxygen atoms in total. The molecule has 1 unspecified atom stereocenters. The van der Waals surface area contributed by atoms with Gasteiger partial charge in [0.05, 0.1) is 12.7 Å². The molecular formula is C13H19BO2. The van der Waals surface area contributed by atoms with Gasteiger partial charge in [0.2, 0.25) is 0 Å². The van der Waals surface area contributed by atoms with Crippen LogP contribution < -0.4 is 0 Å². The van der Waals surface area contributed by atoms with Gasteiger partial charge in [-0.15, -0.1) is 0 Å². The number of hydrogen-bond acceptors (Lipinski definition) is 2. The highest BCUT2D eigenvalue weighted by Crippen LogP contribution is 2.16. The number of hydrogen-bond donors (Lipinski definition) is 0. The molecule has 0 aromatic heterocycles. The lowest BCUT2D eigenvalue weighted by molar-refractivity contribution is 0.0521. The van der Waals surface area contributed by atoms with Crippen molar-refractivity contribution in [2.45, 2.75) is 32.3 Å². The average molecular weight is 218 g/mol. The van der Waals surface area contributed by atoms with Gasteiger partial charge in [-0.1, -0.05) is 50.1 Å². The van der Waals surface area contributed by atoms with Crippen molar-refractivity contribution in [3.8, 4) is 0 Å². The zero-order valence-electron chi connectivity index (χ0n) is 9.89.